The summed E-state index contributed by atoms with van der Waals surface area (Å²) < 4.78 is 37.9. The molecule has 3 aromatic rings. The number of carbonyl (C=O) groups excluding carboxylic acids is 2. The zero-order valence-corrected chi connectivity index (χ0v) is 26.1. The fourth-order valence-electron chi connectivity index (χ4n) is 5.58. The Morgan fingerprint density at radius 1 is 1.15 bits per heavy atom. The number of piperidine rings is 1. The molecule has 1 unspecified atom stereocenters. The number of hydrogen-bond acceptors (Lipinski definition) is 11. The molecule has 0 aliphatic carbocycles. The number of carbonyl (C=O) groups is 2. The Labute approximate surface area is 269 Å². The maximum absolute atomic E-state index is 13.4. The van der Waals surface area contributed by atoms with Gasteiger partial charge in [0.05, 0.1) is 37.1 Å². The number of rotatable bonds is 12. The van der Waals surface area contributed by atoms with Gasteiger partial charge in [0.25, 0.3) is 5.91 Å². The number of nitrogens with one attached hydrogen (secondary N) is 2. The van der Waals surface area contributed by atoms with Crippen molar-refractivity contribution in [1.29, 1.82) is 0 Å². The number of likely N-dealkylation sites (tertiary alicyclic amines) is 1. The highest BCUT2D eigenvalue weighted by Gasteiger charge is 2.26. The van der Waals surface area contributed by atoms with Gasteiger partial charge >= 0.3 is 6.61 Å². The first-order valence-corrected chi connectivity index (χ1v) is 15.9. The van der Waals surface area contributed by atoms with Crippen LogP contribution in [0.25, 0.3) is 15.7 Å². The van der Waals surface area contributed by atoms with Crippen molar-refractivity contribution >= 4 is 38.8 Å². The largest absolute Gasteiger partial charge is 0.434 e. The van der Waals surface area contributed by atoms with Crippen LogP contribution in [-0.2, 0) is 14.3 Å². The van der Waals surface area contributed by atoms with Crippen LogP contribution in [0.3, 0.4) is 0 Å². The number of benzene rings is 1. The van der Waals surface area contributed by atoms with Gasteiger partial charge in [-0.05, 0) is 53.8 Å². The van der Waals surface area contributed by atoms with Crippen LogP contribution in [0.15, 0.2) is 60.1 Å². The van der Waals surface area contributed by atoms with Gasteiger partial charge in [0.15, 0.2) is 5.82 Å². The van der Waals surface area contributed by atoms with E-state index >= 15 is 0 Å². The van der Waals surface area contributed by atoms with Gasteiger partial charge in [-0.25, -0.2) is 9.97 Å². The number of fused-ring (bicyclic) bond motifs is 1. The Hall–Kier alpha value is -4.18. The standard InChI is InChI=1S/C31H38F2N8O4S/c32-31(33)45-25-14-21-4-13-46-26(21)15-22(25)28(35)24(39-30(43)23(16-34)29-37-5-1-6-38-29)17-36-18-27(42)41-7-2-20(3-8-41)19-40-9-11-44-12-10-40/h1,4-6,13-17,20,28,31,36H,2-3,7-12,18-19,34-35H2,(H,39,43)/b23-16?,24-17+. The first-order chi connectivity index (χ1) is 22.3. The van der Waals surface area contributed by atoms with E-state index in [1.807, 2.05) is 10.3 Å². The minimum atomic E-state index is -3.10. The van der Waals surface area contributed by atoms with Crippen molar-refractivity contribution in [1.82, 2.24) is 30.4 Å². The van der Waals surface area contributed by atoms with E-state index in [-0.39, 0.29) is 40.9 Å². The van der Waals surface area contributed by atoms with E-state index in [1.165, 1.54) is 36.0 Å². The van der Waals surface area contributed by atoms with E-state index in [0.717, 1.165) is 56.6 Å². The average molecular weight is 657 g/mol. The molecule has 46 heavy (non-hydrogen) atoms. The minimum Gasteiger partial charge on any atom is -0.434 e. The molecule has 2 fully saturated rings. The number of amides is 2. The number of nitrogens with zero attached hydrogens (tertiary/aromatic N) is 4. The first-order valence-electron chi connectivity index (χ1n) is 15.1. The third kappa shape index (κ3) is 8.54. The molecule has 2 aromatic heterocycles. The molecule has 4 heterocycles. The van der Waals surface area contributed by atoms with Crippen LogP contribution in [0.4, 0.5) is 8.78 Å². The summed E-state index contributed by atoms with van der Waals surface area (Å²) in [4.78, 5) is 38.9. The van der Waals surface area contributed by atoms with Crippen LogP contribution in [0.2, 0.25) is 0 Å². The van der Waals surface area contributed by atoms with Gasteiger partial charge in [0.2, 0.25) is 5.91 Å². The van der Waals surface area contributed by atoms with Crippen LogP contribution < -0.4 is 26.8 Å². The molecule has 12 nitrogen and oxygen atoms in total. The van der Waals surface area contributed by atoms with Crippen molar-refractivity contribution in [2.24, 2.45) is 17.4 Å². The molecular formula is C31H38F2N8O4S. The number of thiophene rings is 1. The number of hydrogen-bond donors (Lipinski definition) is 4. The number of aromatic nitrogens is 2. The van der Waals surface area contributed by atoms with Gasteiger partial charge in [0.1, 0.15) is 5.75 Å². The quantitative estimate of drug-likeness (QED) is 0.213. The zero-order valence-electron chi connectivity index (χ0n) is 25.2. The topological polar surface area (TPSA) is 161 Å². The maximum Gasteiger partial charge on any atom is 0.387 e. The van der Waals surface area contributed by atoms with Crippen molar-refractivity contribution in [3.63, 3.8) is 0 Å². The summed E-state index contributed by atoms with van der Waals surface area (Å²) in [5, 5.41) is 8.21. The van der Waals surface area contributed by atoms with Gasteiger partial charge in [-0.15, -0.1) is 11.3 Å². The fraction of sp³-hybridized carbons (Fsp3) is 0.419. The molecule has 246 valence electrons. The smallest absolute Gasteiger partial charge is 0.387 e. The van der Waals surface area contributed by atoms with E-state index in [2.05, 4.69) is 25.5 Å². The predicted molar refractivity (Wildman–Crippen MR) is 170 cm³/mol. The molecule has 6 N–H and O–H groups in total. The van der Waals surface area contributed by atoms with Crippen LogP contribution in [0, 0.1) is 5.92 Å². The number of morpholine rings is 1. The summed E-state index contributed by atoms with van der Waals surface area (Å²) in [5.41, 5.74) is 12.6. The summed E-state index contributed by atoms with van der Waals surface area (Å²) in [7, 11) is 0. The molecule has 2 aliphatic heterocycles. The van der Waals surface area contributed by atoms with E-state index in [1.54, 1.807) is 18.2 Å². The van der Waals surface area contributed by atoms with Crippen LogP contribution in [0.5, 0.6) is 5.75 Å². The van der Waals surface area contributed by atoms with E-state index in [9.17, 15) is 18.4 Å². The fourth-order valence-corrected chi connectivity index (χ4v) is 6.40. The first kappa shape index (κ1) is 33.2. The average Bonchev–Trinajstić information content (AvgIpc) is 3.52. The highest BCUT2D eigenvalue weighted by Crippen LogP contribution is 2.35. The van der Waals surface area contributed by atoms with Gasteiger partial charge in [-0.3, -0.25) is 14.5 Å². The Bertz CT molecular complexity index is 1540. The summed E-state index contributed by atoms with van der Waals surface area (Å²) in [6.07, 6.45) is 7.22. The lowest BCUT2D eigenvalue weighted by atomic mass is 9.96. The van der Waals surface area contributed by atoms with Crippen molar-refractivity contribution < 1.29 is 27.8 Å². The van der Waals surface area contributed by atoms with E-state index in [4.69, 9.17) is 20.9 Å². The number of ether oxygens (including phenoxy) is 2. The molecule has 2 saturated heterocycles. The van der Waals surface area contributed by atoms with Crippen LogP contribution >= 0.6 is 11.3 Å². The van der Waals surface area contributed by atoms with Crippen molar-refractivity contribution in [3.8, 4) is 5.75 Å². The third-order valence-corrected chi connectivity index (χ3v) is 8.92. The van der Waals surface area contributed by atoms with E-state index in [0.29, 0.717) is 24.4 Å². The molecule has 1 atom stereocenters. The second-order valence-electron chi connectivity index (χ2n) is 11.0. The molecule has 0 saturated carbocycles. The summed E-state index contributed by atoms with van der Waals surface area (Å²) in [5.74, 6) is -0.317. The summed E-state index contributed by atoms with van der Waals surface area (Å²) >= 11 is 1.40. The van der Waals surface area contributed by atoms with Crippen molar-refractivity contribution in [2.45, 2.75) is 25.5 Å². The zero-order chi connectivity index (χ0) is 32.5. The number of alkyl halides is 2. The second-order valence-corrected chi connectivity index (χ2v) is 12.0. The molecule has 1 aromatic carbocycles. The van der Waals surface area contributed by atoms with Crippen LogP contribution in [0.1, 0.15) is 30.3 Å². The maximum atomic E-state index is 13.4. The van der Waals surface area contributed by atoms with E-state index < -0.39 is 18.6 Å². The molecule has 2 amide bonds. The lowest BCUT2D eigenvalue weighted by Crippen LogP contribution is -2.46. The van der Waals surface area contributed by atoms with Crippen LogP contribution in [-0.4, -0.2) is 90.7 Å². The lowest BCUT2D eigenvalue weighted by Gasteiger charge is -2.36. The highest BCUT2D eigenvalue weighted by atomic mass is 32.1. The number of nitrogens with two attached hydrogens (primary N) is 2. The minimum absolute atomic E-state index is 0.0347. The monoisotopic (exact) mass is 656 g/mol. The summed E-state index contributed by atoms with van der Waals surface area (Å²) in [6.45, 7) is 2.55. The Morgan fingerprint density at radius 2 is 1.89 bits per heavy atom. The molecule has 0 bridgehead atoms. The molecule has 0 radical (unpaired) electrons. The lowest BCUT2D eigenvalue weighted by molar-refractivity contribution is -0.131. The summed E-state index contributed by atoms with van der Waals surface area (Å²) in [6, 6.07) is 5.36. The molecular weight excluding hydrogens is 618 g/mol. The molecule has 2 aliphatic rings. The normalized spacial score (nSPS) is 17.7. The Kier molecular flexibility index (Phi) is 11.5. The SMILES string of the molecule is NC=C(C(=O)N/C(=C/NCC(=O)N1CCC(CN2CCOCC2)CC1)C(N)c1cc2sccc2cc1OC(F)F)c1ncccn1. The van der Waals surface area contributed by atoms with Crippen molar-refractivity contribution in [3.05, 3.63) is 71.5 Å². The molecule has 15 heteroatoms. The van der Waals surface area contributed by atoms with Gasteiger partial charge < -0.3 is 36.5 Å². The highest BCUT2D eigenvalue weighted by molar-refractivity contribution is 7.17. The van der Waals surface area contributed by atoms with Gasteiger partial charge in [0, 0.05) is 67.8 Å². The number of halogens is 2. The Morgan fingerprint density at radius 3 is 2.59 bits per heavy atom. The van der Waals surface area contributed by atoms with Crippen molar-refractivity contribution in [2.75, 3.05) is 52.5 Å². The molecule has 0 spiro atoms. The molecule has 5 rings (SSSR count). The van der Waals surface area contributed by atoms with Gasteiger partial charge in [-0.2, -0.15) is 8.78 Å². The van der Waals surface area contributed by atoms with Gasteiger partial charge in [-0.1, -0.05) is 0 Å². The second kappa shape index (κ2) is 15.9. The Balaban J connectivity index is 1.30. The predicted octanol–water partition coefficient (Wildman–Crippen LogP) is 2.41. The third-order valence-electron chi connectivity index (χ3n) is 8.05.